The average Bonchev–Trinajstić information content (AvgIpc) is 4.13. The molecule has 3 aliphatic heterocycles. The maximum atomic E-state index is 15.0. The highest BCUT2D eigenvalue weighted by molar-refractivity contribution is 6.05. The molecule has 0 aliphatic carbocycles. The largest absolute Gasteiger partial charge is 0.497 e. The number of aliphatic hydroxyl groups excluding tert-OH is 1. The molecule has 0 aromatic heterocycles. The van der Waals surface area contributed by atoms with E-state index in [-0.39, 0.29) is 56.4 Å². The van der Waals surface area contributed by atoms with E-state index in [1.165, 1.54) is 54.7 Å². The Bertz CT molecular complexity index is 2290. The summed E-state index contributed by atoms with van der Waals surface area (Å²) in [6, 6.07) is -1.79. The predicted octanol–water partition coefficient (Wildman–Crippen LogP) is 3.35. The molecule has 0 bridgehead atoms. The van der Waals surface area contributed by atoms with Gasteiger partial charge in [-0.3, -0.25) is 43.2 Å². The van der Waals surface area contributed by atoms with Gasteiger partial charge < -0.3 is 54.9 Å². The second-order valence-electron chi connectivity index (χ2n) is 22.7. The highest BCUT2D eigenvalue weighted by Crippen LogP contribution is 2.27. The van der Waals surface area contributed by atoms with E-state index >= 15 is 0 Å². The monoisotopic (exact) mass is 1100 g/mol. The van der Waals surface area contributed by atoms with Crippen molar-refractivity contribution >= 4 is 59.1 Å². The number of aliphatic hydroxyl groups is 1. The molecule has 21 heteroatoms. The van der Waals surface area contributed by atoms with Crippen LogP contribution in [0.5, 0.6) is 5.75 Å². The van der Waals surface area contributed by atoms with Crippen molar-refractivity contribution in [2.24, 2.45) is 29.6 Å². The normalized spacial score (nSPS) is 27.5. The summed E-state index contributed by atoms with van der Waals surface area (Å²) in [6.45, 7) is 19.1. The Morgan fingerprint density at radius 1 is 0.859 bits per heavy atom. The Labute approximate surface area is 460 Å². The Hall–Kier alpha value is -6.12. The number of carbonyl (C=O) groups excluding carboxylic acids is 10. The number of nitrogens with zero attached hydrogens (tertiary/aromatic N) is 4. The maximum Gasteiger partial charge on any atom is 0.329 e. The molecule has 0 spiro atoms. The summed E-state index contributed by atoms with van der Waals surface area (Å²) in [7, 11) is 4.37. The van der Waals surface area contributed by atoms with Gasteiger partial charge in [0.1, 0.15) is 48.1 Å². The van der Waals surface area contributed by atoms with Crippen LogP contribution in [0.25, 0.3) is 0 Å². The van der Waals surface area contributed by atoms with Crippen LogP contribution in [0.1, 0.15) is 140 Å². The second kappa shape index (κ2) is 29.2. The zero-order chi connectivity index (χ0) is 58.5. The third-order valence-corrected chi connectivity index (χ3v) is 15.5. The van der Waals surface area contributed by atoms with E-state index in [4.69, 9.17) is 14.2 Å². The molecule has 0 unspecified atom stereocenters. The van der Waals surface area contributed by atoms with E-state index < -0.39 is 138 Å². The topological polar surface area (TPSA) is 268 Å². The summed E-state index contributed by atoms with van der Waals surface area (Å²) in [5, 5.41) is 20.2. The molecule has 7 amide bonds. The number of likely N-dealkylation sites (tertiary alicyclic amines) is 1. The van der Waals surface area contributed by atoms with Gasteiger partial charge in [-0.15, -0.1) is 0 Å². The maximum absolute atomic E-state index is 15.0. The van der Waals surface area contributed by atoms with Gasteiger partial charge >= 0.3 is 11.9 Å². The molecule has 12 atom stereocenters. The molecule has 78 heavy (non-hydrogen) atoms. The van der Waals surface area contributed by atoms with Crippen molar-refractivity contribution in [3.05, 3.63) is 29.8 Å². The molecule has 3 heterocycles. The van der Waals surface area contributed by atoms with Crippen molar-refractivity contribution in [3.63, 3.8) is 0 Å². The van der Waals surface area contributed by atoms with Crippen LogP contribution in [-0.4, -0.2) is 179 Å². The first-order valence-electron chi connectivity index (χ1n) is 28.0. The number of rotatable bonds is 15. The number of methoxy groups -OCH3 is 1. The van der Waals surface area contributed by atoms with Crippen molar-refractivity contribution in [1.82, 2.24) is 35.6 Å². The van der Waals surface area contributed by atoms with Crippen molar-refractivity contribution in [1.29, 1.82) is 0 Å². The Balaban J connectivity index is 1.89. The van der Waals surface area contributed by atoms with E-state index in [0.29, 0.717) is 43.5 Å². The molecule has 3 aliphatic rings. The Morgan fingerprint density at radius 2 is 1.50 bits per heavy atom. The summed E-state index contributed by atoms with van der Waals surface area (Å²) in [5.41, 5.74) is 0.585. The molecule has 21 nitrogen and oxygen atoms in total. The number of benzene rings is 1. The van der Waals surface area contributed by atoms with E-state index in [0.717, 1.165) is 0 Å². The van der Waals surface area contributed by atoms with Gasteiger partial charge in [-0.25, -0.2) is 4.79 Å². The van der Waals surface area contributed by atoms with Crippen LogP contribution < -0.4 is 20.7 Å². The van der Waals surface area contributed by atoms with Crippen LogP contribution in [0.2, 0.25) is 0 Å². The molecule has 436 valence electrons. The van der Waals surface area contributed by atoms with Gasteiger partial charge in [-0.2, -0.15) is 0 Å². The minimum Gasteiger partial charge on any atom is -0.497 e. The Morgan fingerprint density at radius 3 is 2.08 bits per heavy atom. The van der Waals surface area contributed by atoms with Gasteiger partial charge in [0.15, 0.2) is 11.9 Å². The fourth-order valence-corrected chi connectivity index (χ4v) is 10.5. The lowest BCUT2D eigenvalue weighted by atomic mass is 9.91. The highest BCUT2D eigenvalue weighted by atomic mass is 16.6. The van der Waals surface area contributed by atoms with Gasteiger partial charge in [-0.05, 0) is 93.7 Å². The first-order chi connectivity index (χ1) is 36.7. The molecule has 1 aromatic rings. The van der Waals surface area contributed by atoms with Gasteiger partial charge in [0.05, 0.1) is 31.6 Å². The lowest BCUT2D eigenvalue weighted by molar-refractivity contribution is -0.163. The van der Waals surface area contributed by atoms with Crippen LogP contribution in [0.15, 0.2) is 24.3 Å². The summed E-state index contributed by atoms with van der Waals surface area (Å²) >= 11 is 0. The quantitative estimate of drug-likeness (QED) is 0.145. The number of amides is 7. The van der Waals surface area contributed by atoms with Gasteiger partial charge in [0.2, 0.25) is 41.4 Å². The number of carbonyl (C=O) groups is 10. The van der Waals surface area contributed by atoms with Gasteiger partial charge in [0, 0.05) is 40.0 Å². The van der Waals surface area contributed by atoms with Crippen LogP contribution in [0.4, 0.5) is 0 Å². The highest BCUT2D eigenvalue weighted by Gasteiger charge is 2.46. The lowest BCUT2D eigenvalue weighted by Crippen LogP contribution is -2.62. The summed E-state index contributed by atoms with van der Waals surface area (Å²) < 4.78 is 17.3. The van der Waals surface area contributed by atoms with Gasteiger partial charge in [-0.1, -0.05) is 80.9 Å². The average molecular weight is 1100 g/mol. The van der Waals surface area contributed by atoms with Gasteiger partial charge in [0.25, 0.3) is 0 Å². The van der Waals surface area contributed by atoms with E-state index in [9.17, 15) is 53.1 Å². The molecule has 1 aromatic carbocycles. The SMILES string of the molecule is CCC(=O)N1CCC[C@H]1C(=O)N(C)[C@H](CC(C)C)C(=O)N[C@@H]1C(=O)N[C@@H]([C@@H](C)CC)[C@H](O)CC(=O)O[C@H](C(C)C)C(=O)[C@H](C)C(=O)N[C@H](CC(C)C)C(=O)N2CCC[C@H]2C(=O)N(C)[C@@H](Cc2ccc(OC)cc2)C(=O)O[C@H]1C. The van der Waals surface area contributed by atoms with Crippen LogP contribution in [0.3, 0.4) is 0 Å². The first-order valence-corrected chi connectivity index (χ1v) is 28.0. The van der Waals surface area contributed by atoms with Crippen molar-refractivity contribution in [2.45, 2.75) is 201 Å². The number of likely N-dealkylation sites (N-methyl/N-ethyl adjacent to an activating group) is 2. The molecule has 4 rings (SSSR count). The lowest BCUT2D eigenvalue weighted by Gasteiger charge is -2.36. The number of ether oxygens (including phenoxy) is 3. The summed E-state index contributed by atoms with van der Waals surface area (Å²) in [5.74, 6) is -9.45. The summed E-state index contributed by atoms with van der Waals surface area (Å²) in [6.07, 6.45) is -3.00. The predicted molar refractivity (Wildman–Crippen MR) is 289 cm³/mol. The molecule has 3 fully saturated rings. The van der Waals surface area contributed by atoms with Crippen LogP contribution in [-0.2, 0) is 63.8 Å². The third kappa shape index (κ3) is 16.5. The fraction of sp³-hybridized carbons (Fsp3) is 0.719. The number of fused-ring (bicyclic) bond motifs is 1. The van der Waals surface area contributed by atoms with E-state index in [1.54, 1.807) is 58.9 Å². The number of esters is 2. The van der Waals surface area contributed by atoms with Crippen LogP contribution in [0, 0.1) is 29.6 Å². The number of Topliss-reactive ketones (excluding diaryl/α,β-unsaturated/α-hetero) is 1. The molecule has 3 saturated heterocycles. The summed E-state index contributed by atoms with van der Waals surface area (Å²) in [4.78, 5) is 149. The minimum absolute atomic E-state index is 0.114. The van der Waals surface area contributed by atoms with E-state index in [2.05, 4.69) is 16.0 Å². The van der Waals surface area contributed by atoms with Crippen molar-refractivity contribution in [3.8, 4) is 5.75 Å². The van der Waals surface area contributed by atoms with Crippen molar-refractivity contribution in [2.75, 3.05) is 34.3 Å². The molecule has 0 radical (unpaired) electrons. The molecule has 4 N–H and O–H groups in total. The first kappa shape index (κ1) is 64.4. The number of cyclic esters (lactones) is 2. The number of hydrogen-bond donors (Lipinski definition) is 4. The third-order valence-electron chi connectivity index (χ3n) is 15.5. The second-order valence-corrected chi connectivity index (χ2v) is 22.7. The molecule has 0 saturated carbocycles. The Kier molecular flexibility index (Phi) is 24.1. The zero-order valence-electron chi connectivity index (χ0n) is 48.5. The minimum atomic E-state index is -1.73. The smallest absolute Gasteiger partial charge is 0.329 e. The van der Waals surface area contributed by atoms with Crippen molar-refractivity contribution < 1.29 is 67.3 Å². The van der Waals surface area contributed by atoms with E-state index in [1.807, 2.05) is 27.7 Å². The number of hydrogen-bond acceptors (Lipinski definition) is 14. The number of nitrogens with one attached hydrogen (secondary N) is 3. The molecular weight excluding hydrogens is 1010 g/mol. The zero-order valence-corrected chi connectivity index (χ0v) is 48.5. The van der Waals surface area contributed by atoms with Crippen LogP contribution >= 0.6 is 0 Å². The molecular formula is C57H89N7O14. The standard InChI is InChI=1S/C57H89N7O14/c1-15-34(9)47-44(65)30-46(67)78-50(33(7)8)49(68)35(10)51(69)58-39(27-31(3)4)54(72)64-26-18-20-41(64)56(74)62(13)43(29-37-21-23-38(76-14)24-22-37)57(75)77-36(11)48(53(71)59-47)60-52(70)42(28-32(5)6)61(12)55(73)40-19-17-25-63(40)45(66)16-2/h21-24,31-36,39-44,47-48,50,65H,15-20,25-30H2,1-14H3,(H,58,69)(H,59,71)(H,60,70)/t34-,35-,36-,39+,40-,41-,42+,43-,44+,47-,48-,50+/m0/s1. The fourth-order valence-electron chi connectivity index (χ4n) is 10.5. The number of ketones is 1.